The van der Waals surface area contributed by atoms with Crippen molar-refractivity contribution < 1.29 is 13.5 Å². The molecule has 0 aliphatic carbocycles. The minimum absolute atomic E-state index is 0.00402. The van der Waals surface area contributed by atoms with Gasteiger partial charge in [0.1, 0.15) is 0 Å². The fourth-order valence-corrected chi connectivity index (χ4v) is 3.35. The van der Waals surface area contributed by atoms with E-state index in [4.69, 9.17) is 5.11 Å². The molecule has 29 heavy (non-hydrogen) atoms. The molecule has 0 bridgehead atoms. The van der Waals surface area contributed by atoms with Crippen molar-refractivity contribution >= 4 is 33.0 Å². The van der Waals surface area contributed by atoms with E-state index in [1.54, 1.807) is 18.2 Å². The number of benzene rings is 2. The second kappa shape index (κ2) is 9.22. The first kappa shape index (κ1) is 20.4. The molecule has 9 nitrogen and oxygen atoms in total. The van der Waals surface area contributed by atoms with E-state index < -0.39 is 10.0 Å². The van der Waals surface area contributed by atoms with E-state index in [0.717, 1.165) is 5.69 Å². The van der Waals surface area contributed by atoms with Gasteiger partial charge in [0.25, 0.3) is 10.0 Å². The molecule has 1 aromatic heterocycles. The zero-order valence-electron chi connectivity index (χ0n) is 15.7. The van der Waals surface area contributed by atoms with Gasteiger partial charge in [0, 0.05) is 31.7 Å². The second-order valence-corrected chi connectivity index (χ2v) is 7.72. The van der Waals surface area contributed by atoms with Gasteiger partial charge in [-0.2, -0.15) is 10.2 Å². The summed E-state index contributed by atoms with van der Waals surface area (Å²) in [5.41, 5.74) is 2.13. The van der Waals surface area contributed by atoms with Gasteiger partial charge in [-0.3, -0.25) is 0 Å². The summed E-state index contributed by atoms with van der Waals surface area (Å²) in [4.78, 5) is 9.69. The summed E-state index contributed by atoms with van der Waals surface area (Å²) < 4.78 is 27.0. The van der Waals surface area contributed by atoms with E-state index in [1.165, 1.54) is 24.5 Å². The molecule has 0 radical (unpaired) electrons. The second-order valence-electron chi connectivity index (χ2n) is 6.03. The van der Waals surface area contributed by atoms with Crippen LogP contribution in [0, 0.1) is 0 Å². The molecule has 0 unspecified atom stereocenters. The summed E-state index contributed by atoms with van der Waals surface area (Å²) in [6.45, 7) is 0.624. The molecular weight excluding hydrogens is 392 g/mol. The first-order chi connectivity index (χ1) is 14.0. The zero-order chi connectivity index (χ0) is 20.7. The van der Waals surface area contributed by atoms with Gasteiger partial charge in [0.15, 0.2) is 0 Å². The third-order valence-corrected chi connectivity index (χ3v) is 5.29. The average Bonchev–Trinajstić information content (AvgIpc) is 2.73. The van der Waals surface area contributed by atoms with Crippen molar-refractivity contribution in [2.75, 3.05) is 29.8 Å². The molecule has 0 aliphatic heterocycles. The number of likely N-dealkylation sites (N-methyl/N-ethyl adjacent to an activating group) is 1. The summed E-state index contributed by atoms with van der Waals surface area (Å²) >= 11 is 0. The normalized spacial score (nSPS) is 11.5. The fraction of sp³-hybridized carbons (Fsp3) is 0.158. The van der Waals surface area contributed by atoms with Crippen molar-refractivity contribution in [1.82, 2.24) is 9.97 Å². The predicted molar refractivity (Wildman–Crippen MR) is 110 cm³/mol. The number of rotatable bonds is 8. The monoisotopic (exact) mass is 412 g/mol. The van der Waals surface area contributed by atoms with E-state index >= 15 is 0 Å². The van der Waals surface area contributed by atoms with Gasteiger partial charge >= 0.3 is 0 Å². The highest BCUT2D eigenvalue weighted by Crippen LogP contribution is 2.23. The highest BCUT2D eigenvalue weighted by atomic mass is 32.2. The number of anilines is 2. The van der Waals surface area contributed by atoms with Crippen LogP contribution in [-0.4, -0.2) is 43.7 Å². The predicted octanol–water partition coefficient (Wildman–Crippen LogP) is 3.12. The number of nitrogens with one attached hydrogen (secondary N) is 1. The lowest BCUT2D eigenvalue weighted by molar-refractivity contribution is 0.304. The van der Waals surface area contributed by atoms with Gasteiger partial charge in [0.2, 0.25) is 5.95 Å². The Balaban J connectivity index is 1.67. The Labute approximate surface area is 168 Å². The average molecular weight is 412 g/mol. The van der Waals surface area contributed by atoms with Crippen molar-refractivity contribution in [3.05, 3.63) is 67.0 Å². The first-order valence-corrected chi connectivity index (χ1v) is 10.2. The Hall–Kier alpha value is -3.37. The number of hydrogen-bond acceptors (Lipinski definition) is 8. The standard InChI is InChI=1S/C19H20N6O3S/c1-25(13-14-26)17-7-3-15(4-8-17)22-23-16-5-9-18(10-6-16)29(27,28)24-19-20-11-2-12-21-19/h2-12,26H,13-14H2,1H3,(H,20,21,24). The highest BCUT2D eigenvalue weighted by Gasteiger charge is 2.15. The van der Waals surface area contributed by atoms with Crippen LogP contribution in [0.15, 0.2) is 82.1 Å². The van der Waals surface area contributed by atoms with Crippen LogP contribution in [-0.2, 0) is 10.0 Å². The Morgan fingerprint density at radius 2 is 1.52 bits per heavy atom. The molecule has 0 spiro atoms. The SMILES string of the molecule is CN(CCO)c1ccc(N=Nc2ccc(S(=O)(=O)Nc3ncccn3)cc2)cc1. The molecule has 0 aliphatic rings. The molecule has 1 heterocycles. The van der Waals surface area contributed by atoms with E-state index in [-0.39, 0.29) is 17.5 Å². The van der Waals surface area contributed by atoms with E-state index in [0.29, 0.717) is 17.9 Å². The highest BCUT2D eigenvalue weighted by molar-refractivity contribution is 7.92. The van der Waals surface area contributed by atoms with Gasteiger partial charge in [-0.25, -0.2) is 23.1 Å². The number of nitrogens with zero attached hydrogens (tertiary/aromatic N) is 5. The molecule has 3 aromatic rings. The molecule has 0 saturated carbocycles. The third-order valence-electron chi connectivity index (χ3n) is 3.95. The molecule has 0 saturated heterocycles. The summed E-state index contributed by atoms with van der Waals surface area (Å²) in [5, 5.41) is 17.3. The van der Waals surface area contributed by atoms with Gasteiger partial charge < -0.3 is 10.0 Å². The van der Waals surface area contributed by atoms with Crippen LogP contribution in [0.4, 0.5) is 23.0 Å². The van der Waals surface area contributed by atoms with E-state index in [9.17, 15) is 8.42 Å². The molecule has 2 aromatic carbocycles. The van der Waals surface area contributed by atoms with Crippen LogP contribution in [0.1, 0.15) is 0 Å². The molecule has 3 rings (SSSR count). The molecule has 150 valence electrons. The molecular formula is C19H20N6O3S. The lowest BCUT2D eigenvalue weighted by Crippen LogP contribution is -2.20. The number of aliphatic hydroxyl groups is 1. The maximum absolute atomic E-state index is 12.4. The Morgan fingerprint density at radius 1 is 0.966 bits per heavy atom. The van der Waals surface area contributed by atoms with Gasteiger partial charge in [-0.1, -0.05) is 0 Å². The maximum Gasteiger partial charge on any atom is 0.264 e. The lowest BCUT2D eigenvalue weighted by Gasteiger charge is -2.17. The van der Waals surface area contributed by atoms with Crippen LogP contribution in [0.25, 0.3) is 0 Å². The number of hydrogen-bond donors (Lipinski definition) is 2. The van der Waals surface area contributed by atoms with Crippen LogP contribution in [0.2, 0.25) is 0 Å². The zero-order valence-corrected chi connectivity index (χ0v) is 16.5. The molecule has 10 heteroatoms. The maximum atomic E-state index is 12.4. The van der Waals surface area contributed by atoms with Crippen LogP contribution in [0.3, 0.4) is 0 Å². The molecule has 0 fully saturated rings. The first-order valence-electron chi connectivity index (χ1n) is 8.72. The van der Waals surface area contributed by atoms with Crippen molar-refractivity contribution in [1.29, 1.82) is 0 Å². The van der Waals surface area contributed by atoms with Crippen molar-refractivity contribution in [3.63, 3.8) is 0 Å². The Bertz CT molecular complexity index is 1060. The summed E-state index contributed by atoms with van der Waals surface area (Å²) in [6, 6.07) is 15.0. The summed E-state index contributed by atoms with van der Waals surface area (Å²) in [7, 11) is -1.89. The molecule has 0 amide bonds. The van der Waals surface area contributed by atoms with Crippen LogP contribution < -0.4 is 9.62 Å². The number of sulfonamides is 1. The van der Waals surface area contributed by atoms with Gasteiger partial charge in [-0.15, -0.1) is 0 Å². The number of aliphatic hydroxyl groups excluding tert-OH is 1. The minimum Gasteiger partial charge on any atom is -0.395 e. The number of azo groups is 1. The van der Waals surface area contributed by atoms with Crippen molar-refractivity contribution in [2.24, 2.45) is 10.2 Å². The molecule has 0 atom stereocenters. The molecule has 2 N–H and O–H groups in total. The third kappa shape index (κ3) is 5.56. The largest absolute Gasteiger partial charge is 0.395 e. The smallest absolute Gasteiger partial charge is 0.264 e. The van der Waals surface area contributed by atoms with Crippen LogP contribution >= 0.6 is 0 Å². The van der Waals surface area contributed by atoms with Gasteiger partial charge in [0.05, 0.1) is 22.9 Å². The van der Waals surface area contributed by atoms with Crippen molar-refractivity contribution in [3.8, 4) is 0 Å². The van der Waals surface area contributed by atoms with Gasteiger partial charge in [-0.05, 0) is 54.6 Å². The van der Waals surface area contributed by atoms with E-state index in [1.807, 2.05) is 36.2 Å². The Kier molecular flexibility index (Phi) is 6.47. The minimum atomic E-state index is -3.78. The number of aromatic nitrogens is 2. The topological polar surface area (TPSA) is 120 Å². The quantitative estimate of drug-likeness (QED) is 0.549. The Morgan fingerprint density at radius 3 is 2.07 bits per heavy atom. The van der Waals surface area contributed by atoms with Crippen LogP contribution in [0.5, 0.6) is 0 Å². The van der Waals surface area contributed by atoms with Crippen molar-refractivity contribution in [2.45, 2.75) is 4.90 Å². The lowest BCUT2D eigenvalue weighted by atomic mass is 10.2. The summed E-state index contributed by atoms with van der Waals surface area (Å²) in [5.74, 6) is 0.00402. The summed E-state index contributed by atoms with van der Waals surface area (Å²) in [6.07, 6.45) is 2.90. The fourth-order valence-electron chi connectivity index (χ4n) is 2.39. The van der Waals surface area contributed by atoms with E-state index in [2.05, 4.69) is 24.9 Å².